The first-order valence-electron chi connectivity index (χ1n) is 0.378. The average molecular weight is 288 g/mol. The van der Waals surface area contributed by atoms with Crippen molar-refractivity contribution in [2.24, 2.45) is 0 Å². The van der Waals surface area contributed by atoms with Crippen molar-refractivity contribution in [3.05, 3.63) is 0 Å². The monoisotopic (exact) mass is 288 g/mol. The maximum absolute atomic E-state index is 2.34. The topological polar surface area (TPSA) is 0 Å². The van der Waals surface area contributed by atoms with E-state index in [1.807, 2.05) is 0 Å². The summed E-state index contributed by atoms with van der Waals surface area (Å²) in [5, 5.41) is 0. The molecule has 0 saturated carbocycles. The van der Waals surface area contributed by atoms with Crippen LogP contribution in [0.15, 0.2) is 0 Å². The van der Waals surface area contributed by atoms with Gasteiger partial charge < -0.3 is 0 Å². The molecule has 0 heterocycles. The fourth-order valence-electron chi connectivity index (χ4n) is 0. The van der Waals surface area contributed by atoms with Gasteiger partial charge in [-0.2, -0.15) is 0 Å². The third-order valence-electron chi connectivity index (χ3n) is 0. The standard InChI is InChI=1S/CH4.HI.K.Pd/h1H4;1H;;/q;;+1;/p-1. The summed E-state index contributed by atoms with van der Waals surface area (Å²) in [6.45, 7) is 0. The summed E-state index contributed by atoms with van der Waals surface area (Å²) in [5.41, 5.74) is 0. The third-order valence-corrected chi connectivity index (χ3v) is 0. The van der Waals surface area contributed by atoms with E-state index in [0.29, 0.717) is 0 Å². The van der Waals surface area contributed by atoms with Crippen LogP contribution in [0.25, 0.3) is 0 Å². The van der Waals surface area contributed by atoms with E-state index in [9.17, 15) is 0 Å². The summed E-state index contributed by atoms with van der Waals surface area (Å²) in [4.78, 5) is 0. The minimum absolute atomic E-state index is 0. The average Bonchev–Trinajstić information content (AvgIpc) is 1.00. The Labute approximate surface area is 79.2 Å². The van der Waals surface area contributed by atoms with Crippen LogP contribution in [0.2, 0.25) is 0 Å². The van der Waals surface area contributed by atoms with E-state index in [4.69, 9.17) is 0 Å². The van der Waals surface area contributed by atoms with Crippen LogP contribution in [0.3, 0.4) is 0 Å². The van der Waals surface area contributed by atoms with Crippen LogP contribution >= 0.6 is 11.3 Å². The van der Waals surface area contributed by atoms with Gasteiger partial charge in [-0.1, -0.05) is 7.43 Å². The first-order chi connectivity index (χ1) is 1.00. The fraction of sp³-hybridized carbons (Fsp3) is 1.00. The molecular formula is CH4IKPd. The van der Waals surface area contributed by atoms with Gasteiger partial charge in [-0.15, -0.1) is 0 Å². The molecule has 0 amide bonds. The first-order valence-corrected chi connectivity index (χ1v) is 10.5. The van der Waals surface area contributed by atoms with E-state index in [1.54, 1.807) is 0 Å². The Morgan fingerprint density at radius 1 is 1.25 bits per heavy atom. The molecular weight excluding hydrogens is 284 g/mol. The summed E-state index contributed by atoms with van der Waals surface area (Å²) in [7, 11) is 0. The van der Waals surface area contributed by atoms with Gasteiger partial charge in [0.1, 0.15) is 0 Å². The molecule has 0 unspecified atom stereocenters. The summed E-state index contributed by atoms with van der Waals surface area (Å²) in [6.07, 6.45) is 0. The molecule has 0 radical (unpaired) electrons. The van der Waals surface area contributed by atoms with Crippen molar-refractivity contribution in [2.45, 2.75) is 7.43 Å². The molecule has 0 rings (SSSR count). The molecule has 0 aromatic heterocycles. The Bertz CT molecular complexity index is 8.00. The van der Waals surface area contributed by atoms with Crippen molar-refractivity contribution >= 4 is 54.0 Å². The Morgan fingerprint density at radius 3 is 1.25 bits per heavy atom. The second-order valence-corrected chi connectivity index (χ2v) is 0. The first kappa shape index (κ1) is 15.7. The Morgan fingerprint density at radius 2 is 1.25 bits per heavy atom. The Kier molecular flexibility index (Phi) is 65.4. The van der Waals surface area contributed by atoms with E-state index >= 15 is 0 Å². The number of halogens is 1. The van der Waals surface area contributed by atoms with Crippen LogP contribution in [0.4, 0.5) is 0 Å². The summed E-state index contributed by atoms with van der Waals surface area (Å²) in [6, 6.07) is 0. The zero-order valence-electron chi connectivity index (χ0n) is 1.69. The van der Waals surface area contributed by atoms with E-state index in [0.717, 1.165) is 42.7 Å². The van der Waals surface area contributed by atoms with Crippen molar-refractivity contribution < 1.29 is 20.4 Å². The fourth-order valence-corrected chi connectivity index (χ4v) is 0. The SMILES string of the molecule is C.[K][I].[Pd]. The normalized spacial score (nSPS) is 1.75. The molecule has 0 saturated heterocycles. The number of rotatable bonds is 0. The van der Waals surface area contributed by atoms with Gasteiger partial charge in [0.25, 0.3) is 0 Å². The molecule has 0 spiro atoms. The van der Waals surface area contributed by atoms with Crippen molar-refractivity contribution in [3.8, 4) is 0 Å². The molecule has 0 fully saturated rings. The molecule has 4 heavy (non-hydrogen) atoms. The summed E-state index contributed by atoms with van der Waals surface area (Å²) < 4.78 is 0. The van der Waals surface area contributed by atoms with E-state index in [1.165, 1.54) is 0 Å². The van der Waals surface area contributed by atoms with Crippen LogP contribution in [-0.2, 0) is 20.4 Å². The van der Waals surface area contributed by atoms with Crippen LogP contribution in [-0.4, -0.2) is 42.7 Å². The molecule has 0 bridgehead atoms. The molecule has 0 aliphatic rings. The molecule has 0 nitrogen and oxygen atoms in total. The van der Waals surface area contributed by atoms with Crippen LogP contribution < -0.4 is 0 Å². The zero-order valence-corrected chi connectivity index (χ0v) is 8.53. The van der Waals surface area contributed by atoms with Gasteiger partial charge in [0.15, 0.2) is 0 Å². The Balaban J connectivity index is -0.00000000500. The second kappa shape index (κ2) is 16.6. The van der Waals surface area contributed by atoms with E-state index in [2.05, 4.69) is 11.3 Å². The van der Waals surface area contributed by atoms with Gasteiger partial charge in [-0.05, 0) is 0 Å². The molecule has 0 aliphatic heterocycles. The van der Waals surface area contributed by atoms with Crippen molar-refractivity contribution in [1.82, 2.24) is 0 Å². The van der Waals surface area contributed by atoms with Crippen molar-refractivity contribution in [2.75, 3.05) is 0 Å². The molecule has 0 N–H and O–H groups in total. The van der Waals surface area contributed by atoms with E-state index < -0.39 is 0 Å². The molecule has 0 aromatic rings. The molecule has 0 aliphatic carbocycles. The minimum Gasteiger partial charge on any atom is 0 e. The zero-order chi connectivity index (χ0) is 2.00. The van der Waals surface area contributed by atoms with Crippen LogP contribution in [0, 0.1) is 0 Å². The largest absolute Gasteiger partial charge is 0 e. The van der Waals surface area contributed by atoms with Gasteiger partial charge in [-0.3, -0.25) is 0 Å². The summed E-state index contributed by atoms with van der Waals surface area (Å²) >= 11 is 3.37. The van der Waals surface area contributed by atoms with Crippen molar-refractivity contribution in [3.63, 3.8) is 0 Å². The maximum atomic E-state index is 2.34. The van der Waals surface area contributed by atoms with E-state index in [-0.39, 0.29) is 27.8 Å². The van der Waals surface area contributed by atoms with Gasteiger partial charge in [0.2, 0.25) is 0 Å². The smallest absolute Gasteiger partial charge is 0 e. The third kappa shape index (κ3) is 8.90. The van der Waals surface area contributed by atoms with Crippen molar-refractivity contribution in [1.29, 1.82) is 0 Å². The molecule has 3 heteroatoms. The van der Waals surface area contributed by atoms with Gasteiger partial charge in [0, 0.05) is 20.4 Å². The van der Waals surface area contributed by atoms with Gasteiger partial charge >= 0.3 is 54.0 Å². The van der Waals surface area contributed by atoms with Crippen LogP contribution in [0.1, 0.15) is 7.43 Å². The predicted molar refractivity (Wildman–Crippen MR) is 26.5 cm³/mol. The van der Waals surface area contributed by atoms with Gasteiger partial charge in [-0.25, -0.2) is 0 Å². The molecule has 0 aromatic carbocycles. The quantitative estimate of drug-likeness (QED) is 0.463. The summed E-state index contributed by atoms with van der Waals surface area (Å²) in [5.74, 6) is 0. The molecule has 26 valence electrons. The molecule has 0 atom stereocenters. The number of hydrogen-bond donors (Lipinski definition) is 0. The minimum atomic E-state index is 0. The predicted octanol–water partition coefficient (Wildman–Crippen LogP) is 1.14. The number of hydrogen-bond acceptors (Lipinski definition) is 0. The maximum Gasteiger partial charge on any atom is 0 e. The van der Waals surface area contributed by atoms with Gasteiger partial charge in [0.05, 0.1) is 0 Å². The second-order valence-electron chi connectivity index (χ2n) is 0. The Hall–Kier alpha value is 3.03. The van der Waals surface area contributed by atoms with Crippen LogP contribution in [0.5, 0.6) is 0 Å².